The zero-order chi connectivity index (χ0) is 17.0. The van der Waals surface area contributed by atoms with Crippen molar-refractivity contribution >= 4 is 21.4 Å². The number of rotatable bonds is 7. The number of sulfonamides is 1. The summed E-state index contributed by atoms with van der Waals surface area (Å²) in [5.41, 5.74) is 1.85. The first-order valence-electron chi connectivity index (χ1n) is 7.21. The van der Waals surface area contributed by atoms with Crippen LogP contribution in [0.25, 0.3) is 0 Å². The first-order valence-corrected chi connectivity index (χ1v) is 9.58. The lowest BCUT2D eigenvalue weighted by Crippen LogP contribution is -2.26. The zero-order valence-electron chi connectivity index (χ0n) is 13.4. The number of aliphatic hydroxyl groups is 1. The Hall–Kier alpha value is -1.41. The van der Waals surface area contributed by atoms with E-state index >= 15 is 0 Å². The van der Waals surface area contributed by atoms with Gasteiger partial charge < -0.3 is 9.84 Å². The minimum absolute atomic E-state index is 0.119. The first-order chi connectivity index (χ1) is 10.8. The van der Waals surface area contributed by atoms with Gasteiger partial charge in [-0.25, -0.2) is 13.1 Å². The third kappa shape index (κ3) is 4.32. The van der Waals surface area contributed by atoms with Crippen LogP contribution in [-0.4, -0.2) is 27.2 Å². The fourth-order valence-corrected chi connectivity index (χ4v) is 4.19. The summed E-state index contributed by atoms with van der Waals surface area (Å²) >= 11 is 1.45. The molecule has 1 unspecified atom stereocenters. The maximum Gasteiger partial charge on any atom is 0.244 e. The fourth-order valence-electron chi connectivity index (χ4n) is 2.16. The Balaban J connectivity index is 2.09. The molecule has 1 aromatic carbocycles. The summed E-state index contributed by atoms with van der Waals surface area (Å²) in [4.78, 5) is 0.946. The van der Waals surface area contributed by atoms with Crippen LogP contribution in [0.4, 0.5) is 0 Å². The summed E-state index contributed by atoms with van der Waals surface area (Å²) in [6.45, 7) is 3.91. The molecule has 0 spiro atoms. The van der Waals surface area contributed by atoms with Gasteiger partial charge in [0.05, 0.1) is 13.2 Å². The van der Waals surface area contributed by atoms with Crippen LogP contribution in [-0.2, 0) is 10.0 Å². The minimum atomic E-state index is -3.69. The monoisotopic (exact) mass is 355 g/mol. The largest absolute Gasteiger partial charge is 0.495 e. The van der Waals surface area contributed by atoms with Crippen molar-refractivity contribution in [2.45, 2.75) is 31.3 Å². The van der Waals surface area contributed by atoms with E-state index in [1.807, 2.05) is 31.4 Å². The maximum absolute atomic E-state index is 12.5. The lowest BCUT2D eigenvalue weighted by atomic mass is 10.1. The Morgan fingerprint density at radius 3 is 2.61 bits per heavy atom. The molecule has 2 aromatic rings. The number of aliphatic hydroxyl groups excluding tert-OH is 1. The third-order valence-corrected chi connectivity index (χ3v) is 6.11. The van der Waals surface area contributed by atoms with E-state index in [2.05, 4.69) is 4.72 Å². The Kier molecular flexibility index (Phi) is 5.80. The Morgan fingerprint density at radius 2 is 2.00 bits per heavy atom. The van der Waals surface area contributed by atoms with Gasteiger partial charge in [0.25, 0.3) is 0 Å². The van der Waals surface area contributed by atoms with E-state index in [0.29, 0.717) is 12.2 Å². The van der Waals surface area contributed by atoms with Crippen LogP contribution in [0.3, 0.4) is 0 Å². The van der Waals surface area contributed by atoms with Crippen LogP contribution in [0, 0.1) is 13.8 Å². The molecular weight excluding hydrogens is 334 g/mol. The molecule has 1 aromatic heterocycles. The van der Waals surface area contributed by atoms with Gasteiger partial charge in [-0.1, -0.05) is 6.07 Å². The maximum atomic E-state index is 12.5. The highest BCUT2D eigenvalue weighted by molar-refractivity contribution is 7.89. The van der Waals surface area contributed by atoms with E-state index in [4.69, 9.17) is 4.74 Å². The number of methoxy groups -OCH3 is 1. The lowest BCUT2D eigenvalue weighted by molar-refractivity contribution is 0.173. The second-order valence-corrected chi connectivity index (χ2v) is 8.02. The molecule has 0 bridgehead atoms. The van der Waals surface area contributed by atoms with Crippen LogP contribution in [0.1, 0.15) is 28.5 Å². The molecule has 0 aliphatic heterocycles. The van der Waals surface area contributed by atoms with Crippen molar-refractivity contribution in [1.29, 1.82) is 0 Å². The standard InChI is InChI=1S/C16H21NO4S2/c1-11-9-14(21-3)16(10-12(11)2)23(19,20)17-7-6-13(18)15-5-4-8-22-15/h4-5,8-10,13,17-18H,6-7H2,1-3H3. The normalized spacial score (nSPS) is 13.0. The van der Waals surface area contributed by atoms with Crippen molar-refractivity contribution in [3.63, 3.8) is 0 Å². The average molecular weight is 355 g/mol. The van der Waals surface area contributed by atoms with Gasteiger partial charge in [0.1, 0.15) is 10.6 Å². The molecule has 2 rings (SSSR count). The first kappa shape index (κ1) is 17.9. The molecular formula is C16H21NO4S2. The van der Waals surface area contributed by atoms with E-state index in [0.717, 1.165) is 16.0 Å². The SMILES string of the molecule is COc1cc(C)c(C)cc1S(=O)(=O)NCCC(O)c1cccs1. The molecule has 0 aliphatic rings. The Labute approximate surface area is 141 Å². The van der Waals surface area contributed by atoms with Crippen molar-refractivity contribution in [2.24, 2.45) is 0 Å². The van der Waals surface area contributed by atoms with E-state index in [1.54, 1.807) is 12.1 Å². The molecule has 1 atom stereocenters. The molecule has 0 radical (unpaired) electrons. The number of aryl methyl sites for hydroxylation is 2. The molecule has 126 valence electrons. The summed E-state index contributed by atoms with van der Waals surface area (Å²) in [7, 11) is -2.24. The van der Waals surface area contributed by atoms with Crippen molar-refractivity contribution in [2.75, 3.05) is 13.7 Å². The summed E-state index contributed by atoms with van der Waals surface area (Å²) in [6, 6.07) is 7.00. The molecule has 5 nitrogen and oxygen atoms in total. The topological polar surface area (TPSA) is 75.6 Å². The molecule has 2 N–H and O–H groups in total. The van der Waals surface area contributed by atoms with Gasteiger partial charge in [-0.2, -0.15) is 0 Å². The Morgan fingerprint density at radius 1 is 1.30 bits per heavy atom. The number of nitrogens with one attached hydrogen (secondary N) is 1. The summed E-state index contributed by atoms with van der Waals surface area (Å²) in [5.74, 6) is 0.319. The molecule has 0 amide bonds. The zero-order valence-corrected chi connectivity index (χ0v) is 15.0. The number of hydrogen-bond acceptors (Lipinski definition) is 5. The predicted molar refractivity (Wildman–Crippen MR) is 91.6 cm³/mol. The van der Waals surface area contributed by atoms with Crippen LogP contribution >= 0.6 is 11.3 Å². The number of ether oxygens (including phenoxy) is 1. The Bertz CT molecular complexity index is 755. The number of benzene rings is 1. The summed E-state index contributed by atoms with van der Waals surface area (Å²) in [6.07, 6.45) is -0.355. The van der Waals surface area contributed by atoms with E-state index in [1.165, 1.54) is 18.4 Å². The molecule has 0 saturated heterocycles. The van der Waals surface area contributed by atoms with Gasteiger partial charge in [-0.15, -0.1) is 11.3 Å². The van der Waals surface area contributed by atoms with Crippen LogP contribution < -0.4 is 9.46 Å². The molecule has 1 heterocycles. The van der Waals surface area contributed by atoms with Gasteiger partial charge in [0.2, 0.25) is 10.0 Å². The van der Waals surface area contributed by atoms with Crippen LogP contribution in [0.2, 0.25) is 0 Å². The van der Waals surface area contributed by atoms with Gasteiger partial charge in [-0.3, -0.25) is 0 Å². The van der Waals surface area contributed by atoms with E-state index < -0.39 is 16.1 Å². The van der Waals surface area contributed by atoms with Gasteiger partial charge in [-0.05, 0) is 55.0 Å². The number of hydrogen-bond donors (Lipinski definition) is 2. The fraction of sp³-hybridized carbons (Fsp3) is 0.375. The van der Waals surface area contributed by atoms with Crippen molar-refractivity contribution in [1.82, 2.24) is 4.72 Å². The smallest absolute Gasteiger partial charge is 0.244 e. The van der Waals surface area contributed by atoms with E-state index in [-0.39, 0.29) is 11.4 Å². The quantitative estimate of drug-likeness (QED) is 0.801. The average Bonchev–Trinajstić information content (AvgIpc) is 3.03. The summed E-state index contributed by atoms with van der Waals surface area (Å²) < 4.78 is 32.7. The highest BCUT2D eigenvalue weighted by Crippen LogP contribution is 2.27. The molecule has 7 heteroatoms. The van der Waals surface area contributed by atoms with Crippen molar-refractivity contribution in [3.05, 3.63) is 45.6 Å². The van der Waals surface area contributed by atoms with E-state index in [9.17, 15) is 13.5 Å². The predicted octanol–water partition coefficient (Wildman–Crippen LogP) is 2.78. The van der Waals surface area contributed by atoms with Gasteiger partial charge >= 0.3 is 0 Å². The molecule has 0 fully saturated rings. The highest BCUT2D eigenvalue weighted by Gasteiger charge is 2.21. The van der Waals surface area contributed by atoms with Crippen molar-refractivity contribution < 1.29 is 18.3 Å². The lowest BCUT2D eigenvalue weighted by Gasteiger charge is -2.14. The van der Waals surface area contributed by atoms with Crippen LogP contribution in [0.5, 0.6) is 5.75 Å². The van der Waals surface area contributed by atoms with Gasteiger partial charge in [0, 0.05) is 11.4 Å². The van der Waals surface area contributed by atoms with Crippen molar-refractivity contribution in [3.8, 4) is 5.75 Å². The van der Waals surface area contributed by atoms with Crippen LogP contribution in [0.15, 0.2) is 34.5 Å². The number of thiophene rings is 1. The van der Waals surface area contributed by atoms with Gasteiger partial charge in [0.15, 0.2) is 0 Å². The molecule has 0 aliphatic carbocycles. The second-order valence-electron chi connectivity index (χ2n) is 5.30. The summed E-state index contributed by atoms with van der Waals surface area (Å²) in [5, 5.41) is 11.9. The third-order valence-electron chi connectivity index (χ3n) is 3.65. The second kappa shape index (κ2) is 7.44. The highest BCUT2D eigenvalue weighted by atomic mass is 32.2. The minimum Gasteiger partial charge on any atom is -0.495 e. The molecule has 23 heavy (non-hydrogen) atoms. The molecule has 0 saturated carbocycles.